The predicted octanol–water partition coefficient (Wildman–Crippen LogP) is 3.89. The smallest absolute Gasteiger partial charge is 0.185 e. The van der Waals surface area contributed by atoms with Gasteiger partial charge in [0, 0.05) is 0 Å². The zero-order valence-corrected chi connectivity index (χ0v) is 11.2. The third kappa shape index (κ3) is 2.60. The Hall–Kier alpha value is -0.0800. The van der Waals surface area contributed by atoms with E-state index in [0.717, 1.165) is 6.42 Å². The summed E-state index contributed by atoms with van der Waals surface area (Å²) in [5.74, 6) is 0. The summed E-state index contributed by atoms with van der Waals surface area (Å²) in [5.41, 5.74) is 0.344. The number of hydrogen-bond acceptors (Lipinski definition) is 2. The summed E-state index contributed by atoms with van der Waals surface area (Å²) in [5, 5.41) is 0. The molecule has 2 aliphatic rings. The maximum atomic E-state index is 6.26. The van der Waals surface area contributed by atoms with E-state index in [1.165, 1.54) is 32.1 Å². The molecule has 1 aliphatic heterocycles. The average molecular weight is 226 g/mol. The van der Waals surface area contributed by atoms with Crippen LogP contribution in [0, 0.1) is 5.41 Å². The first-order chi connectivity index (χ1) is 7.47. The van der Waals surface area contributed by atoms with Crippen LogP contribution in [0.1, 0.15) is 66.2 Å². The first-order valence-corrected chi connectivity index (χ1v) is 6.80. The minimum absolute atomic E-state index is 0.0676. The van der Waals surface area contributed by atoms with Gasteiger partial charge in [-0.2, -0.15) is 0 Å². The van der Waals surface area contributed by atoms with Crippen LogP contribution >= 0.6 is 0 Å². The quantitative estimate of drug-likeness (QED) is 0.681. The van der Waals surface area contributed by atoms with Gasteiger partial charge in [0.25, 0.3) is 0 Å². The Kier molecular flexibility index (Phi) is 3.33. The second-order valence-corrected chi connectivity index (χ2v) is 6.51. The van der Waals surface area contributed by atoms with Gasteiger partial charge >= 0.3 is 0 Å². The molecule has 2 heteroatoms. The van der Waals surface area contributed by atoms with E-state index in [1.807, 2.05) is 0 Å². The molecule has 0 radical (unpaired) electrons. The molecular weight excluding hydrogens is 200 g/mol. The highest BCUT2D eigenvalue weighted by atomic mass is 16.8. The first kappa shape index (κ1) is 12.4. The molecule has 1 heterocycles. The molecule has 2 nitrogen and oxygen atoms in total. The molecule has 2 fully saturated rings. The largest absolute Gasteiger partial charge is 0.343 e. The van der Waals surface area contributed by atoms with Crippen LogP contribution < -0.4 is 0 Å². The van der Waals surface area contributed by atoms with Crippen molar-refractivity contribution in [3.63, 3.8) is 0 Å². The fourth-order valence-electron chi connectivity index (χ4n) is 2.80. The molecule has 16 heavy (non-hydrogen) atoms. The molecular formula is C14H26O2. The lowest BCUT2D eigenvalue weighted by atomic mass is 9.82. The van der Waals surface area contributed by atoms with E-state index < -0.39 is 0 Å². The van der Waals surface area contributed by atoms with E-state index in [9.17, 15) is 0 Å². The van der Waals surface area contributed by atoms with Crippen molar-refractivity contribution in [3.8, 4) is 0 Å². The predicted molar refractivity (Wildman–Crippen MR) is 65.3 cm³/mol. The molecule has 0 aromatic heterocycles. The topological polar surface area (TPSA) is 21.8 Å². The maximum Gasteiger partial charge on any atom is 0.185 e. The van der Waals surface area contributed by atoms with Crippen LogP contribution in [-0.2, 0) is 9.47 Å². The molecule has 2 unspecified atom stereocenters. The number of epoxide rings is 1. The highest BCUT2D eigenvalue weighted by Gasteiger charge is 2.51. The van der Waals surface area contributed by atoms with Crippen LogP contribution in [-0.4, -0.2) is 18.0 Å². The minimum atomic E-state index is 0.0676. The zero-order valence-electron chi connectivity index (χ0n) is 11.2. The van der Waals surface area contributed by atoms with Crippen molar-refractivity contribution < 1.29 is 9.47 Å². The second-order valence-electron chi connectivity index (χ2n) is 6.51. The van der Waals surface area contributed by atoms with Crippen molar-refractivity contribution >= 4 is 0 Å². The van der Waals surface area contributed by atoms with Gasteiger partial charge in [-0.1, -0.05) is 47.0 Å². The van der Waals surface area contributed by atoms with E-state index in [1.54, 1.807) is 0 Å². The van der Waals surface area contributed by atoms with Crippen molar-refractivity contribution in [2.45, 2.75) is 84.2 Å². The molecule has 0 aromatic carbocycles. The van der Waals surface area contributed by atoms with Crippen molar-refractivity contribution in [3.05, 3.63) is 0 Å². The Labute approximate surface area is 99.7 Å². The van der Waals surface area contributed by atoms with Gasteiger partial charge in [-0.05, 0) is 24.7 Å². The molecule has 2 rings (SSSR count). The summed E-state index contributed by atoms with van der Waals surface area (Å²) in [6, 6.07) is 0. The van der Waals surface area contributed by atoms with Gasteiger partial charge in [0.05, 0.1) is 5.60 Å². The summed E-state index contributed by atoms with van der Waals surface area (Å²) in [6.45, 7) is 8.92. The molecule has 0 bridgehead atoms. The van der Waals surface area contributed by atoms with Crippen LogP contribution in [0.4, 0.5) is 0 Å². The van der Waals surface area contributed by atoms with Crippen LogP contribution in [0.3, 0.4) is 0 Å². The number of ether oxygens (including phenoxy) is 2. The van der Waals surface area contributed by atoms with Crippen LogP contribution in [0.15, 0.2) is 0 Å². The molecule has 1 saturated heterocycles. The third-order valence-electron chi connectivity index (χ3n) is 4.08. The van der Waals surface area contributed by atoms with Gasteiger partial charge < -0.3 is 9.47 Å². The molecule has 2 atom stereocenters. The molecule has 94 valence electrons. The lowest BCUT2D eigenvalue weighted by Crippen LogP contribution is -2.36. The first-order valence-electron chi connectivity index (χ1n) is 6.80. The molecule has 1 aliphatic carbocycles. The number of hydrogen-bond donors (Lipinski definition) is 0. The van der Waals surface area contributed by atoms with Crippen LogP contribution in [0.2, 0.25) is 0 Å². The standard InChI is InChI=1S/C14H26O2/c1-5-14(9-7-6-8-10-14)16-12-11(15-12)13(2,3)4/h11-12H,5-10H2,1-4H3. The average Bonchev–Trinajstić information content (AvgIpc) is 2.98. The summed E-state index contributed by atoms with van der Waals surface area (Å²) in [7, 11) is 0. The van der Waals surface area contributed by atoms with Gasteiger partial charge in [-0.15, -0.1) is 0 Å². The van der Waals surface area contributed by atoms with Crippen LogP contribution in [0.5, 0.6) is 0 Å². The number of rotatable bonds is 3. The maximum absolute atomic E-state index is 6.26. The fraction of sp³-hybridized carbons (Fsp3) is 1.00. The molecule has 1 saturated carbocycles. The highest BCUT2D eigenvalue weighted by molar-refractivity contribution is 4.92. The van der Waals surface area contributed by atoms with E-state index in [4.69, 9.17) is 9.47 Å². The fourth-order valence-corrected chi connectivity index (χ4v) is 2.80. The second kappa shape index (κ2) is 4.30. The summed E-state index contributed by atoms with van der Waals surface area (Å²) < 4.78 is 11.9. The van der Waals surface area contributed by atoms with Gasteiger partial charge in [0.2, 0.25) is 0 Å². The summed E-state index contributed by atoms with van der Waals surface area (Å²) >= 11 is 0. The molecule has 0 aromatic rings. The molecule has 0 N–H and O–H groups in total. The zero-order chi connectivity index (χ0) is 11.8. The van der Waals surface area contributed by atoms with Crippen molar-refractivity contribution in [1.82, 2.24) is 0 Å². The Morgan fingerprint density at radius 3 is 2.25 bits per heavy atom. The van der Waals surface area contributed by atoms with Crippen LogP contribution in [0.25, 0.3) is 0 Å². The van der Waals surface area contributed by atoms with Crippen molar-refractivity contribution in [2.75, 3.05) is 0 Å². The van der Waals surface area contributed by atoms with Crippen molar-refractivity contribution in [1.29, 1.82) is 0 Å². The Bertz CT molecular complexity index is 236. The monoisotopic (exact) mass is 226 g/mol. The third-order valence-corrected chi connectivity index (χ3v) is 4.08. The Morgan fingerprint density at radius 2 is 1.81 bits per heavy atom. The molecule has 0 amide bonds. The highest BCUT2D eigenvalue weighted by Crippen LogP contribution is 2.44. The minimum Gasteiger partial charge on any atom is -0.343 e. The van der Waals surface area contributed by atoms with Crippen molar-refractivity contribution in [2.24, 2.45) is 5.41 Å². The lowest BCUT2D eigenvalue weighted by molar-refractivity contribution is -0.113. The summed E-state index contributed by atoms with van der Waals surface area (Å²) in [6.07, 6.45) is 7.96. The summed E-state index contributed by atoms with van der Waals surface area (Å²) in [4.78, 5) is 0. The van der Waals surface area contributed by atoms with E-state index in [0.29, 0.717) is 6.10 Å². The van der Waals surface area contributed by atoms with Gasteiger partial charge in [0.1, 0.15) is 6.10 Å². The Balaban J connectivity index is 1.89. The lowest BCUT2D eigenvalue weighted by Gasteiger charge is -2.36. The van der Waals surface area contributed by atoms with E-state index in [2.05, 4.69) is 27.7 Å². The Morgan fingerprint density at radius 1 is 1.19 bits per heavy atom. The normalized spacial score (nSPS) is 33.8. The van der Waals surface area contributed by atoms with Gasteiger partial charge in [0.15, 0.2) is 6.29 Å². The van der Waals surface area contributed by atoms with Gasteiger partial charge in [-0.25, -0.2) is 0 Å². The molecule has 0 spiro atoms. The SMILES string of the molecule is CCC1(OC2OC2C(C)(C)C)CCCCC1. The van der Waals surface area contributed by atoms with E-state index >= 15 is 0 Å². The van der Waals surface area contributed by atoms with Gasteiger partial charge in [-0.3, -0.25) is 0 Å². The van der Waals surface area contributed by atoms with E-state index in [-0.39, 0.29) is 17.3 Å².